The standard InChI is InChI=1S/C15H25N3O/c1-17(2)10-5-11-18(3)15(19)14-7-4-6-13(12-14)8-9-16/h4,6-7,12H,5,8-11,16H2,1-3H3. The van der Waals surface area contributed by atoms with Crippen molar-refractivity contribution in [3.05, 3.63) is 35.4 Å². The molecule has 2 N–H and O–H groups in total. The fourth-order valence-electron chi connectivity index (χ4n) is 1.97. The van der Waals surface area contributed by atoms with Gasteiger partial charge >= 0.3 is 0 Å². The fourth-order valence-corrected chi connectivity index (χ4v) is 1.97. The quantitative estimate of drug-likeness (QED) is 0.804. The van der Waals surface area contributed by atoms with E-state index in [2.05, 4.69) is 4.90 Å². The Hall–Kier alpha value is -1.39. The van der Waals surface area contributed by atoms with Crippen LogP contribution in [-0.4, -0.2) is 56.5 Å². The maximum Gasteiger partial charge on any atom is 0.253 e. The van der Waals surface area contributed by atoms with Crippen molar-refractivity contribution >= 4 is 5.91 Å². The number of nitrogens with zero attached hydrogens (tertiary/aromatic N) is 2. The van der Waals surface area contributed by atoms with Gasteiger partial charge in [-0.3, -0.25) is 4.79 Å². The lowest BCUT2D eigenvalue weighted by Gasteiger charge is -2.19. The topological polar surface area (TPSA) is 49.6 Å². The summed E-state index contributed by atoms with van der Waals surface area (Å²) in [6.07, 6.45) is 1.79. The molecule has 0 atom stereocenters. The summed E-state index contributed by atoms with van der Waals surface area (Å²) in [6.45, 7) is 2.37. The molecular weight excluding hydrogens is 238 g/mol. The van der Waals surface area contributed by atoms with Crippen LogP contribution in [-0.2, 0) is 6.42 Å². The molecule has 0 saturated carbocycles. The van der Waals surface area contributed by atoms with Crippen molar-refractivity contribution in [3.8, 4) is 0 Å². The van der Waals surface area contributed by atoms with Gasteiger partial charge in [0, 0.05) is 19.2 Å². The molecule has 106 valence electrons. The Labute approximate surface area is 116 Å². The molecule has 0 radical (unpaired) electrons. The maximum atomic E-state index is 12.3. The molecule has 1 aromatic carbocycles. The first-order valence-corrected chi connectivity index (χ1v) is 6.73. The van der Waals surface area contributed by atoms with Crippen molar-refractivity contribution in [1.82, 2.24) is 9.80 Å². The van der Waals surface area contributed by atoms with Crippen LogP contribution in [0.25, 0.3) is 0 Å². The SMILES string of the molecule is CN(C)CCCN(C)C(=O)c1cccc(CCN)c1. The van der Waals surface area contributed by atoms with Gasteiger partial charge in [0.15, 0.2) is 0 Å². The molecular formula is C15H25N3O. The molecule has 1 rings (SSSR count). The zero-order valence-electron chi connectivity index (χ0n) is 12.2. The predicted molar refractivity (Wildman–Crippen MR) is 79.3 cm³/mol. The largest absolute Gasteiger partial charge is 0.342 e. The van der Waals surface area contributed by atoms with Crippen LogP contribution in [0.15, 0.2) is 24.3 Å². The molecule has 0 heterocycles. The average Bonchev–Trinajstić information content (AvgIpc) is 2.38. The average molecular weight is 263 g/mol. The third-order valence-corrected chi connectivity index (χ3v) is 3.05. The highest BCUT2D eigenvalue weighted by Crippen LogP contribution is 2.08. The summed E-state index contributed by atoms with van der Waals surface area (Å²) in [5, 5.41) is 0. The van der Waals surface area contributed by atoms with Crippen molar-refractivity contribution in [2.75, 3.05) is 40.8 Å². The molecule has 4 heteroatoms. The molecule has 0 aliphatic rings. The highest BCUT2D eigenvalue weighted by Gasteiger charge is 2.11. The highest BCUT2D eigenvalue weighted by molar-refractivity contribution is 5.94. The number of carbonyl (C=O) groups excluding carboxylic acids is 1. The van der Waals surface area contributed by atoms with E-state index in [0.29, 0.717) is 6.54 Å². The second-order valence-electron chi connectivity index (χ2n) is 5.12. The van der Waals surface area contributed by atoms with Gasteiger partial charge in [-0.05, 0) is 57.7 Å². The Balaban J connectivity index is 2.58. The summed E-state index contributed by atoms with van der Waals surface area (Å²) in [7, 11) is 5.93. The van der Waals surface area contributed by atoms with E-state index >= 15 is 0 Å². The number of amides is 1. The van der Waals surface area contributed by atoms with E-state index < -0.39 is 0 Å². The molecule has 0 spiro atoms. The number of hydrogen-bond donors (Lipinski definition) is 1. The summed E-state index contributed by atoms with van der Waals surface area (Å²) >= 11 is 0. The van der Waals surface area contributed by atoms with Crippen LogP contribution in [0.2, 0.25) is 0 Å². The Morgan fingerprint density at radius 3 is 2.58 bits per heavy atom. The second-order valence-corrected chi connectivity index (χ2v) is 5.12. The smallest absolute Gasteiger partial charge is 0.253 e. The molecule has 0 bridgehead atoms. The van der Waals surface area contributed by atoms with Crippen molar-refractivity contribution in [1.29, 1.82) is 0 Å². The molecule has 0 saturated heterocycles. The molecule has 0 aliphatic carbocycles. The molecule has 0 fully saturated rings. The Bertz CT molecular complexity index is 404. The number of hydrogen-bond acceptors (Lipinski definition) is 3. The van der Waals surface area contributed by atoms with Crippen molar-refractivity contribution in [2.45, 2.75) is 12.8 Å². The maximum absolute atomic E-state index is 12.3. The minimum absolute atomic E-state index is 0.0811. The summed E-state index contributed by atoms with van der Waals surface area (Å²) in [5.41, 5.74) is 7.41. The van der Waals surface area contributed by atoms with Gasteiger partial charge < -0.3 is 15.5 Å². The zero-order chi connectivity index (χ0) is 14.3. The van der Waals surface area contributed by atoms with Crippen LogP contribution in [0.5, 0.6) is 0 Å². The van der Waals surface area contributed by atoms with E-state index in [4.69, 9.17) is 5.73 Å². The molecule has 19 heavy (non-hydrogen) atoms. The number of rotatable bonds is 7. The van der Waals surface area contributed by atoms with Crippen LogP contribution in [0, 0.1) is 0 Å². The van der Waals surface area contributed by atoms with Crippen LogP contribution < -0.4 is 5.73 Å². The Morgan fingerprint density at radius 2 is 1.95 bits per heavy atom. The van der Waals surface area contributed by atoms with Gasteiger partial charge in [0.1, 0.15) is 0 Å². The van der Waals surface area contributed by atoms with Crippen molar-refractivity contribution in [2.24, 2.45) is 5.73 Å². The number of benzene rings is 1. The van der Waals surface area contributed by atoms with E-state index in [-0.39, 0.29) is 5.91 Å². The van der Waals surface area contributed by atoms with Crippen LogP contribution in [0.4, 0.5) is 0 Å². The van der Waals surface area contributed by atoms with E-state index in [1.165, 1.54) is 0 Å². The first kappa shape index (κ1) is 15.7. The summed E-state index contributed by atoms with van der Waals surface area (Å²) < 4.78 is 0. The van der Waals surface area contributed by atoms with Crippen molar-refractivity contribution < 1.29 is 4.79 Å². The van der Waals surface area contributed by atoms with E-state index in [0.717, 1.165) is 37.1 Å². The lowest BCUT2D eigenvalue weighted by Crippen LogP contribution is -2.29. The van der Waals surface area contributed by atoms with Gasteiger partial charge in [0.25, 0.3) is 5.91 Å². The van der Waals surface area contributed by atoms with Crippen molar-refractivity contribution in [3.63, 3.8) is 0 Å². The van der Waals surface area contributed by atoms with Crippen LogP contribution in [0.3, 0.4) is 0 Å². The molecule has 0 aliphatic heterocycles. The summed E-state index contributed by atoms with van der Waals surface area (Å²) in [6, 6.07) is 7.74. The molecule has 1 aromatic rings. The van der Waals surface area contributed by atoms with Crippen LogP contribution >= 0.6 is 0 Å². The van der Waals surface area contributed by atoms with Gasteiger partial charge in [0.05, 0.1) is 0 Å². The summed E-state index contributed by atoms with van der Waals surface area (Å²) in [4.78, 5) is 16.2. The van der Waals surface area contributed by atoms with E-state index in [1.54, 1.807) is 4.90 Å². The van der Waals surface area contributed by atoms with Gasteiger partial charge in [-0.25, -0.2) is 0 Å². The lowest BCUT2D eigenvalue weighted by atomic mass is 10.1. The van der Waals surface area contributed by atoms with Gasteiger partial charge in [-0.15, -0.1) is 0 Å². The van der Waals surface area contributed by atoms with E-state index in [9.17, 15) is 4.79 Å². The first-order chi connectivity index (χ1) is 9.04. The number of carbonyl (C=O) groups is 1. The monoisotopic (exact) mass is 263 g/mol. The lowest BCUT2D eigenvalue weighted by molar-refractivity contribution is 0.0790. The highest BCUT2D eigenvalue weighted by atomic mass is 16.2. The Kier molecular flexibility index (Phi) is 6.53. The number of nitrogens with two attached hydrogens (primary N) is 1. The third kappa shape index (κ3) is 5.41. The zero-order valence-corrected chi connectivity index (χ0v) is 12.2. The van der Waals surface area contributed by atoms with Gasteiger partial charge in [0.2, 0.25) is 0 Å². The molecule has 4 nitrogen and oxygen atoms in total. The normalized spacial score (nSPS) is 10.8. The molecule has 0 unspecified atom stereocenters. The minimum atomic E-state index is 0.0811. The third-order valence-electron chi connectivity index (χ3n) is 3.05. The van der Waals surface area contributed by atoms with Gasteiger partial charge in [-0.2, -0.15) is 0 Å². The molecule has 1 amide bonds. The fraction of sp³-hybridized carbons (Fsp3) is 0.533. The summed E-state index contributed by atoms with van der Waals surface area (Å²) in [5.74, 6) is 0.0811. The van der Waals surface area contributed by atoms with Crippen LogP contribution in [0.1, 0.15) is 22.3 Å². The van der Waals surface area contributed by atoms with E-state index in [1.807, 2.05) is 45.4 Å². The Morgan fingerprint density at radius 1 is 1.21 bits per heavy atom. The first-order valence-electron chi connectivity index (χ1n) is 6.73. The predicted octanol–water partition coefficient (Wildman–Crippen LogP) is 1.21. The van der Waals surface area contributed by atoms with Gasteiger partial charge in [-0.1, -0.05) is 12.1 Å². The molecule has 0 aromatic heterocycles. The second kappa shape index (κ2) is 7.92. The minimum Gasteiger partial charge on any atom is -0.342 e.